The number of sulfonamides is 1. The SMILES string of the molecule is Cn1cc(S(=O)(=O)N2CCCC(C(=O)O)C2)cc1C(=O)O. The van der Waals surface area contributed by atoms with Gasteiger partial charge in [-0.15, -0.1) is 0 Å². The molecule has 1 saturated heterocycles. The van der Waals surface area contributed by atoms with Gasteiger partial charge in [-0.25, -0.2) is 13.2 Å². The van der Waals surface area contributed by atoms with Gasteiger partial charge in [0.25, 0.3) is 0 Å². The van der Waals surface area contributed by atoms with Crippen LogP contribution < -0.4 is 0 Å². The van der Waals surface area contributed by atoms with E-state index in [2.05, 4.69) is 0 Å². The van der Waals surface area contributed by atoms with E-state index in [9.17, 15) is 18.0 Å². The molecule has 0 amide bonds. The van der Waals surface area contributed by atoms with E-state index < -0.39 is 27.9 Å². The highest BCUT2D eigenvalue weighted by molar-refractivity contribution is 7.89. The van der Waals surface area contributed by atoms with Gasteiger partial charge in [0.2, 0.25) is 10.0 Å². The predicted octanol–water partition coefficient (Wildman–Crippen LogP) is 0.209. The van der Waals surface area contributed by atoms with Crippen molar-refractivity contribution < 1.29 is 28.2 Å². The molecular formula is C12H16N2O6S. The molecule has 1 atom stereocenters. The van der Waals surface area contributed by atoms with Crippen molar-refractivity contribution in [2.75, 3.05) is 13.1 Å². The number of aromatic carboxylic acids is 1. The zero-order valence-electron chi connectivity index (χ0n) is 11.4. The molecule has 0 aliphatic carbocycles. The monoisotopic (exact) mass is 316 g/mol. The maximum Gasteiger partial charge on any atom is 0.352 e. The number of hydrogen-bond donors (Lipinski definition) is 2. The summed E-state index contributed by atoms with van der Waals surface area (Å²) in [5.74, 6) is -2.97. The Bertz CT molecular complexity index is 678. The van der Waals surface area contributed by atoms with E-state index in [1.54, 1.807) is 0 Å². The summed E-state index contributed by atoms with van der Waals surface area (Å²) in [5, 5.41) is 18.0. The third-order valence-electron chi connectivity index (χ3n) is 3.57. The maximum atomic E-state index is 12.5. The zero-order valence-corrected chi connectivity index (χ0v) is 12.2. The molecule has 0 bridgehead atoms. The molecule has 8 nitrogen and oxygen atoms in total. The van der Waals surface area contributed by atoms with Gasteiger partial charge in [-0.05, 0) is 18.9 Å². The molecule has 0 aromatic carbocycles. The number of carboxylic acids is 2. The summed E-state index contributed by atoms with van der Waals surface area (Å²) in [6.07, 6.45) is 2.13. The van der Waals surface area contributed by atoms with Crippen LogP contribution in [-0.2, 0) is 21.9 Å². The van der Waals surface area contributed by atoms with Crippen LogP contribution in [0.25, 0.3) is 0 Å². The molecule has 0 spiro atoms. The van der Waals surface area contributed by atoms with Crippen molar-refractivity contribution in [3.05, 3.63) is 18.0 Å². The van der Waals surface area contributed by atoms with Crippen LogP contribution in [-0.4, -0.2) is 52.5 Å². The molecule has 9 heteroatoms. The van der Waals surface area contributed by atoms with E-state index >= 15 is 0 Å². The van der Waals surface area contributed by atoms with Gasteiger partial charge in [0.15, 0.2) is 0 Å². The number of aromatic nitrogens is 1. The van der Waals surface area contributed by atoms with E-state index in [1.165, 1.54) is 17.8 Å². The third-order valence-corrected chi connectivity index (χ3v) is 5.40. The molecule has 1 aliphatic rings. The van der Waals surface area contributed by atoms with Crippen molar-refractivity contribution in [2.24, 2.45) is 13.0 Å². The molecule has 1 fully saturated rings. The molecule has 2 heterocycles. The molecule has 2 rings (SSSR count). The summed E-state index contributed by atoms with van der Waals surface area (Å²) in [5.41, 5.74) is -0.139. The third kappa shape index (κ3) is 2.93. The van der Waals surface area contributed by atoms with Crippen molar-refractivity contribution in [3.63, 3.8) is 0 Å². The van der Waals surface area contributed by atoms with Gasteiger partial charge in [-0.3, -0.25) is 4.79 Å². The van der Waals surface area contributed by atoms with Crippen molar-refractivity contribution in [1.29, 1.82) is 0 Å². The Hall–Kier alpha value is -1.87. The molecule has 1 aliphatic heterocycles. The first kappa shape index (κ1) is 15.5. The summed E-state index contributed by atoms with van der Waals surface area (Å²) >= 11 is 0. The highest BCUT2D eigenvalue weighted by Crippen LogP contribution is 2.25. The van der Waals surface area contributed by atoms with Crippen LogP contribution >= 0.6 is 0 Å². The number of hydrogen-bond acceptors (Lipinski definition) is 4. The van der Waals surface area contributed by atoms with Crippen LogP contribution in [0.4, 0.5) is 0 Å². The van der Waals surface area contributed by atoms with Gasteiger partial charge >= 0.3 is 11.9 Å². The largest absolute Gasteiger partial charge is 0.481 e. The van der Waals surface area contributed by atoms with Gasteiger partial charge in [-0.2, -0.15) is 4.31 Å². The second-order valence-corrected chi connectivity index (χ2v) is 6.96. The minimum Gasteiger partial charge on any atom is -0.481 e. The van der Waals surface area contributed by atoms with E-state index in [1.807, 2.05) is 0 Å². The van der Waals surface area contributed by atoms with Gasteiger partial charge in [-0.1, -0.05) is 0 Å². The van der Waals surface area contributed by atoms with Crippen LogP contribution in [0.5, 0.6) is 0 Å². The van der Waals surface area contributed by atoms with Crippen molar-refractivity contribution in [2.45, 2.75) is 17.7 Å². The Morgan fingerprint density at radius 3 is 2.52 bits per heavy atom. The lowest BCUT2D eigenvalue weighted by atomic mass is 10.0. The Labute approximate surface area is 121 Å². The average molecular weight is 316 g/mol. The predicted molar refractivity (Wildman–Crippen MR) is 71.5 cm³/mol. The number of rotatable bonds is 4. The van der Waals surface area contributed by atoms with Crippen molar-refractivity contribution in [1.82, 2.24) is 8.87 Å². The standard InChI is InChI=1S/C12H16N2O6S/c1-13-7-9(5-10(13)12(17)18)21(19,20)14-4-2-3-8(6-14)11(15)16/h5,7-8H,2-4,6H2,1H3,(H,15,16)(H,17,18). The van der Waals surface area contributed by atoms with E-state index in [0.29, 0.717) is 12.8 Å². The molecule has 0 saturated carbocycles. The maximum absolute atomic E-state index is 12.5. The summed E-state index contributed by atoms with van der Waals surface area (Å²) in [7, 11) is -2.43. The number of carboxylic acid groups (broad SMARTS) is 2. The summed E-state index contributed by atoms with van der Waals surface area (Å²) < 4.78 is 27.3. The lowest BCUT2D eigenvalue weighted by Crippen LogP contribution is -2.42. The van der Waals surface area contributed by atoms with E-state index in [-0.39, 0.29) is 23.7 Å². The van der Waals surface area contributed by atoms with Crippen LogP contribution in [0, 0.1) is 5.92 Å². The molecule has 21 heavy (non-hydrogen) atoms. The second-order valence-electron chi connectivity index (χ2n) is 5.02. The van der Waals surface area contributed by atoms with Gasteiger partial charge < -0.3 is 14.8 Å². The van der Waals surface area contributed by atoms with Crippen LogP contribution in [0.1, 0.15) is 23.3 Å². The topological polar surface area (TPSA) is 117 Å². The minimum absolute atomic E-state index is 0.0883. The van der Waals surface area contributed by atoms with Gasteiger partial charge in [0.05, 0.1) is 5.92 Å². The fourth-order valence-corrected chi connectivity index (χ4v) is 3.99. The Morgan fingerprint density at radius 1 is 1.33 bits per heavy atom. The lowest BCUT2D eigenvalue weighted by molar-refractivity contribution is -0.142. The second kappa shape index (κ2) is 5.49. The molecule has 1 unspecified atom stereocenters. The summed E-state index contributed by atoms with van der Waals surface area (Å²) in [4.78, 5) is 21.8. The Balaban J connectivity index is 2.31. The smallest absolute Gasteiger partial charge is 0.352 e. The van der Waals surface area contributed by atoms with Gasteiger partial charge in [0.1, 0.15) is 10.6 Å². The number of aryl methyl sites for hydroxylation is 1. The lowest BCUT2D eigenvalue weighted by Gasteiger charge is -2.29. The van der Waals surface area contributed by atoms with Gasteiger partial charge in [0, 0.05) is 26.3 Å². The highest BCUT2D eigenvalue weighted by Gasteiger charge is 2.34. The fraction of sp³-hybridized carbons (Fsp3) is 0.500. The molecule has 1 aromatic heterocycles. The molecular weight excluding hydrogens is 300 g/mol. The van der Waals surface area contributed by atoms with E-state index in [4.69, 9.17) is 10.2 Å². The first-order valence-corrected chi connectivity index (χ1v) is 7.80. The average Bonchev–Trinajstić information content (AvgIpc) is 2.82. The number of nitrogens with zero attached hydrogens (tertiary/aromatic N) is 2. The van der Waals surface area contributed by atoms with Crippen LogP contribution in [0.2, 0.25) is 0 Å². The van der Waals surface area contributed by atoms with Crippen molar-refractivity contribution >= 4 is 22.0 Å². The van der Waals surface area contributed by atoms with E-state index in [0.717, 1.165) is 10.4 Å². The summed E-state index contributed by atoms with van der Waals surface area (Å²) in [6.45, 7) is 0.151. The number of piperidine rings is 1. The Kier molecular flexibility index (Phi) is 4.06. The molecule has 0 radical (unpaired) electrons. The highest BCUT2D eigenvalue weighted by atomic mass is 32.2. The molecule has 1 aromatic rings. The van der Waals surface area contributed by atoms with Crippen molar-refractivity contribution in [3.8, 4) is 0 Å². The quantitative estimate of drug-likeness (QED) is 0.820. The zero-order chi connectivity index (χ0) is 15.8. The first-order valence-electron chi connectivity index (χ1n) is 6.36. The first-order chi connectivity index (χ1) is 9.73. The normalized spacial score (nSPS) is 20.3. The van der Waals surface area contributed by atoms with Crippen LogP contribution in [0.3, 0.4) is 0 Å². The summed E-state index contributed by atoms with van der Waals surface area (Å²) in [6, 6.07) is 1.09. The minimum atomic E-state index is -3.88. The van der Waals surface area contributed by atoms with Crippen LogP contribution in [0.15, 0.2) is 17.2 Å². The molecule has 116 valence electrons. The number of carbonyl (C=O) groups is 2. The molecule has 2 N–H and O–H groups in total. The fourth-order valence-electron chi connectivity index (χ4n) is 2.40. The Morgan fingerprint density at radius 2 is 2.00 bits per heavy atom. The number of aliphatic carboxylic acids is 1.